The van der Waals surface area contributed by atoms with Gasteiger partial charge in [-0.25, -0.2) is 4.68 Å². The number of fused-ring (bicyclic) bond motifs is 3. The van der Waals surface area contributed by atoms with E-state index in [4.69, 9.17) is 0 Å². The molecule has 0 fully saturated rings. The molecular weight excluding hydrogens is 340 g/mol. The van der Waals surface area contributed by atoms with Crippen molar-refractivity contribution in [3.63, 3.8) is 0 Å². The number of hydrogen-bond donors (Lipinski definition) is 2. The Labute approximate surface area is 155 Å². The van der Waals surface area contributed by atoms with E-state index in [9.17, 15) is 9.59 Å². The van der Waals surface area contributed by atoms with E-state index < -0.39 is 0 Å². The van der Waals surface area contributed by atoms with Crippen LogP contribution >= 0.6 is 0 Å². The number of aryl methyl sites for hydroxylation is 2. The molecule has 6 nitrogen and oxygen atoms in total. The quantitative estimate of drug-likeness (QED) is 0.587. The Morgan fingerprint density at radius 1 is 1.07 bits per heavy atom. The van der Waals surface area contributed by atoms with Crippen molar-refractivity contribution in [2.45, 2.75) is 26.9 Å². The van der Waals surface area contributed by atoms with E-state index in [1.165, 1.54) is 10.2 Å². The maximum absolute atomic E-state index is 12.7. The number of amides is 1. The number of nitrogens with one attached hydrogen (secondary N) is 2. The van der Waals surface area contributed by atoms with Crippen molar-refractivity contribution in [3.8, 4) is 0 Å². The van der Waals surface area contributed by atoms with E-state index in [1.54, 1.807) is 6.20 Å². The Hall–Kier alpha value is -3.41. The predicted octanol–water partition coefficient (Wildman–Crippen LogP) is 2.81. The van der Waals surface area contributed by atoms with Crippen LogP contribution in [0.1, 0.15) is 16.7 Å². The minimum atomic E-state index is -0.299. The Morgan fingerprint density at radius 3 is 2.59 bits per heavy atom. The molecule has 0 atom stereocenters. The van der Waals surface area contributed by atoms with E-state index in [0.29, 0.717) is 12.1 Å². The Bertz CT molecular complexity index is 1200. The molecule has 2 N–H and O–H groups in total. The number of rotatable bonds is 4. The SMILES string of the molecule is Cc1ccc(CNC(=O)Cn2ncc3c([nH]c4ccc(C)cc43)c2=O)cc1. The summed E-state index contributed by atoms with van der Waals surface area (Å²) in [5.74, 6) is -0.253. The summed E-state index contributed by atoms with van der Waals surface area (Å²) in [4.78, 5) is 28.1. The fourth-order valence-corrected chi connectivity index (χ4v) is 3.15. The molecule has 2 aromatic carbocycles. The molecule has 0 saturated heterocycles. The zero-order valence-electron chi connectivity index (χ0n) is 15.2. The molecule has 0 aliphatic rings. The molecule has 0 aliphatic carbocycles. The van der Waals surface area contributed by atoms with E-state index in [2.05, 4.69) is 15.4 Å². The number of carbonyl (C=O) groups excluding carboxylic acids is 1. The lowest BCUT2D eigenvalue weighted by Gasteiger charge is -2.07. The van der Waals surface area contributed by atoms with Crippen LogP contribution in [-0.4, -0.2) is 20.7 Å². The second kappa shape index (κ2) is 6.72. The zero-order chi connectivity index (χ0) is 19.0. The minimum Gasteiger partial charge on any atom is -0.350 e. The van der Waals surface area contributed by atoms with Gasteiger partial charge >= 0.3 is 0 Å². The average Bonchev–Trinajstić information content (AvgIpc) is 3.02. The lowest BCUT2D eigenvalue weighted by molar-refractivity contribution is -0.122. The topological polar surface area (TPSA) is 79.8 Å². The van der Waals surface area contributed by atoms with E-state index >= 15 is 0 Å². The van der Waals surface area contributed by atoms with Crippen LogP contribution in [0.3, 0.4) is 0 Å². The first-order chi connectivity index (χ1) is 13.0. The Morgan fingerprint density at radius 2 is 1.81 bits per heavy atom. The standard InChI is InChI=1S/C21H20N4O2/c1-13-3-6-15(7-4-13)10-22-19(26)12-25-21(27)20-17(11-23-25)16-9-14(2)5-8-18(16)24-20/h3-9,11,24H,10,12H2,1-2H3,(H,22,26). The summed E-state index contributed by atoms with van der Waals surface area (Å²) in [6.07, 6.45) is 1.64. The molecule has 0 unspecified atom stereocenters. The third kappa shape index (κ3) is 3.33. The smallest absolute Gasteiger partial charge is 0.291 e. The van der Waals surface area contributed by atoms with E-state index in [-0.39, 0.29) is 18.0 Å². The van der Waals surface area contributed by atoms with Crippen LogP contribution in [0, 0.1) is 13.8 Å². The van der Waals surface area contributed by atoms with Crippen molar-refractivity contribution in [2.24, 2.45) is 0 Å². The van der Waals surface area contributed by atoms with Gasteiger partial charge in [0.1, 0.15) is 12.1 Å². The summed E-state index contributed by atoms with van der Waals surface area (Å²) in [5.41, 5.74) is 4.35. The molecule has 0 saturated carbocycles. The maximum atomic E-state index is 12.7. The summed E-state index contributed by atoms with van der Waals surface area (Å²) in [5, 5.41) is 8.75. The highest BCUT2D eigenvalue weighted by molar-refractivity contribution is 6.06. The van der Waals surface area contributed by atoms with Crippen LogP contribution < -0.4 is 10.9 Å². The highest BCUT2D eigenvalue weighted by Gasteiger charge is 2.12. The third-order valence-electron chi connectivity index (χ3n) is 4.67. The first-order valence-electron chi connectivity index (χ1n) is 8.82. The van der Waals surface area contributed by atoms with E-state index in [0.717, 1.165) is 27.4 Å². The number of hydrogen-bond acceptors (Lipinski definition) is 3. The van der Waals surface area contributed by atoms with Crippen LogP contribution in [-0.2, 0) is 17.9 Å². The fraction of sp³-hybridized carbons (Fsp3) is 0.190. The molecule has 2 heterocycles. The van der Waals surface area contributed by atoms with Gasteiger partial charge in [0.05, 0.1) is 6.20 Å². The number of nitrogens with zero attached hydrogens (tertiary/aromatic N) is 2. The van der Waals surface area contributed by atoms with Gasteiger partial charge in [0.15, 0.2) is 0 Å². The van der Waals surface area contributed by atoms with Crippen LogP contribution in [0.25, 0.3) is 21.8 Å². The number of aromatic amines is 1. The Kier molecular flexibility index (Phi) is 4.24. The lowest BCUT2D eigenvalue weighted by atomic mass is 10.1. The number of aromatic nitrogens is 3. The molecular formula is C21H20N4O2. The van der Waals surface area contributed by atoms with Crippen LogP contribution in [0.5, 0.6) is 0 Å². The number of carbonyl (C=O) groups is 1. The summed E-state index contributed by atoms with van der Waals surface area (Å²) < 4.78 is 1.19. The predicted molar refractivity (Wildman–Crippen MR) is 106 cm³/mol. The van der Waals surface area contributed by atoms with Crippen LogP contribution in [0.4, 0.5) is 0 Å². The van der Waals surface area contributed by atoms with Crippen molar-refractivity contribution >= 4 is 27.7 Å². The third-order valence-corrected chi connectivity index (χ3v) is 4.67. The summed E-state index contributed by atoms with van der Waals surface area (Å²) in [6.45, 7) is 4.32. The van der Waals surface area contributed by atoms with Gasteiger partial charge in [-0.1, -0.05) is 41.5 Å². The van der Waals surface area contributed by atoms with Crippen molar-refractivity contribution in [1.29, 1.82) is 0 Å². The molecule has 4 aromatic rings. The molecule has 2 aromatic heterocycles. The first kappa shape index (κ1) is 17.0. The highest BCUT2D eigenvalue weighted by atomic mass is 16.2. The number of benzene rings is 2. The Balaban J connectivity index is 1.55. The molecule has 0 spiro atoms. The second-order valence-corrected chi connectivity index (χ2v) is 6.83. The van der Waals surface area contributed by atoms with Gasteiger partial charge in [0.25, 0.3) is 5.56 Å². The van der Waals surface area contributed by atoms with Crippen molar-refractivity contribution < 1.29 is 4.79 Å². The van der Waals surface area contributed by atoms with Gasteiger partial charge in [-0.2, -0.15) is 5.10 Å². The summed E-state index contributed by atoms with van der Waals surface area (Å²) >= 11 is 0. The largest absolute Gasteiger partial charge is 0.350 e. The summed E-state index contributed by atoms with van der Waals surface area (Å²) in [7, 11) is 0. The van der Waals surface area contributed by atoms with Gasteiger partial charge in [-0.05, 0) is 31.5 Å². The van der Waals surface area contributed by atoms with Crippen molar-refractivity contribution in [3.05, 3.63) is 75.7 Å². The molecule has 27 heavy (non-hydrogen) atoms. The normalized spacial score (nSPS) is 11.2. The highest BCUT2D eigenvalue weighted by Crippen LogP contribution is 2.23. The van der Waals surface area contributed by atoms with Crippen LogP contribution in [0.2, 0.25) is 0 Å². The maximum Gasteiger partial charge on any atom is 0.291 e. The van der Waals surface area contributed by atoms with Crippen molar-refractivity contribution in [1.82, 2.24) is 20.1 Å². The minimum absolute atomic E-state index is 0.116. The molecule has 6 heteroatoms. The molecule has 0 aliphatic heterocycles. The molecule has 4 rings (SSSR count). The van der Waals surface area contributed by atoms with Gasteiger partial charge in [-0.15, -0.1) is 0 Å². The average molecular weight is 360 g/mol. The first-order valence-corrected chi connectivity index (χ1v) is 8.82. The molecule has 136 valence electrons. The summed E-state index contributed by atoms with van der Waals surface area (Å²) in [6, 6.07) is 13.9. The number of H-pyrrole nitrogens is 1. The van der Waals surface area contributed by atoms with Gasteiger partial charge in [0.2, 0.25) is 5.91 Å². The monoisotopic (exact) mass is 360 g/mol. The molecule has 0 radical (unpaired) electrons. The van der Waals surface area contributed by atoms with Gasteiger partial charge in [0, 0.05) is 22.8 Å². The van der Waals surface area contributed by atoms with Crippen molar-refractivity contribution in [2.75, 3.05) is 0 Å². The van der Waals surface area contributed by atoms with Gasteiger partial charge in [-0.3, -0.25) is 9.59 Å². The van der Waals surface area contributed by atoms with Crippen LogP contribution in [0.15, 0.2) is 53.5 Å². The second-order valence-electron chi connectivity index (χ2n) is 6.83. The van der Waals surface area contributed by atoms with Gasteiger partial charge < -0.3 is 10.3 Å². The molecule has 1 amide bonds. The fourth-order valence-electron chi connectivity index (χ4n) is 3.15. The lowest BCUT2D eigenvalue weighted by Crippen LogP contribution is -2.33. The zero-order valence-corrected chi connectivity index (χ0v) is 15.2. The van der Waals surface area contributed by atoms with E-state index in [1.807, 2.05) is 56.3 Å². The molecule has 0 bridgehead atoms.